The Morgan fingerprint density at radius 2 is 2.05 bits per heavy atom. The average Bonchev–Trinajstić information content (AvgIpc) is 2.85. The Bertz CT molecular complexity index is 496. The number of nitrogens with one attached hydrogen (secondary N) is 1. The van der Waals surface area contributed by atoms with Crippen LogP contribution in [-0.4, -0.2) is 17.3 Å². The monoisotopic (exact) mass is 292 g/mol. The van der Waals surface area contributed by atoms with Gasteiger partial charge in [-0.3, -0.25) is 0 Å². The molecule has 1 aromatic heterocycles. The molecule has 4 heteroatoms. The van der Waals surface area contributed by atoms with Crippen LogP contribution in [0.5, 0.6) is 0 Å². The Morgan fingerprint density at radius 1 is 1.32 bits per heavy atom. The normalized spacial score (nSPS) is 14.3. The van der Waals surface area contributed by atoms with Crippen molar-refractivity contribution < 1.29 is 0 Å². The maximum atomic E-state index is 4.56. The minimum absolute atomic E-state index is 0.361. The van der Waals surface area contributed by atoms with Gasteiger partial charge in [0, 0.05) is 22.4 Å². The first-order valence-corrected chi connectivity index (χ1v) is 8.31. The summed E-state index contributed by atoms with van der Waals surface area (Å²) >= 11 is 3.62. The highest BCUT2D eigenvalue weighted by Gasteiger charge is 2.22. The smallest absolute Gasteiger partial charge is 0.150 e. The highest BCUT2D eigenvalue weighted by Crippen LogP contribution is 2.35. The predicted molar refractivity (Wildman–Crippen MR) is 85.0 cm³/mol. The minimum atomic E-state index is 0.361. The molecule has 0 fully saturated rings. The van der Waals surface area contributed by atoms with Gasteiger partial charge in [0.05, 0.1) is 0 Å². The highest BCUT2D eigenvalue weighted by molar-refractivity contribution is 8.01. The van der Waals surface area contributed by atoms with Gasteiger partial charge in [0.1, 0.15) is 4.34 Å². The predicted octanol–water partition coefficient (Wildman–Crippen LogP) is 4.28. The van der Waals surface area contributed by atoms with Crippen LogP contribution < -0.4 is 5.32 Å². The van der Waals surface area contributed by atoms with Crippen molar-refractivity contribution in [1.82, 2.24) is 10.3 Å². The summed E-state index contributed by atoms with van der Waals surface area (Å²) in [6.07, 6.45) is 1.11. The van der Waals surface area contributed by atoms with Gasteiger partial charge >= 0.3 is 0 Å². The van der Waals surface area contributed by atoms with Gasteiger partial charge in [-0.15, -0.1) is 11.3 Å². The molecule has 1 N–H and O–H groups in total. The summed E-state index contributed by atoms with van der Waals surface area (Å²) in [4.78, 5) is 4.56. The number of hydrogen-bond donors (Lipinski definition) is 1. The third kappa shape index (κ3) is 3.81. The Kier molecular flexibility index (Phi) is 5.43. The van der Waals surface area contributed by atoms with Gasteiger partial charge in [-0.2, -0.15) is 0 Å². The molecule has 102 valence electrons. The standard InChI is InChI=1S/C15H20N2S2/c1-4-13(19-15-17-11(2)10-18-15)14(16-3)12-8-6-5-7-9-12/h5-10,13-14,16H,4H2,1-3H3. The number of aromatic nitrogens is 1. The van der Waals surface area contributed by atoms with Crippen LogP contribution in [0, 0.1) is 6.92 Å². The van der Waals surface area contributed by atoms with Crippen LogP contribution in [0.1, 0.15) is 30.6 Å². The largest absolute Gasteiger partial charge is 0.312 e. The van der Waals surface area contributed by atoms with E-state index in [4.69, 9.17) is 0 Å². The average molecular weight is 292 g/mol. The van der Waals surface area contributed by atoms with E-state index in [1.165, 1.54) is 9.90 Å². The van der Waals surface area contributed by atoms with Crippen LogP contribution in [0.4, 0.5) is 0 Å². The molecule has 0 bridgehead atoms. The molecule has 2 unspecified atom stereocenters. The lowest BCUT2D eigenvalue weighted by molar-refractivity contribution is 0.555. The Balaban J connectivity index is 2.15. The van der Waals surface area contributed by atoms with Crippen molar-refractivity contribution >= 4 is 23.1 Å². The first-order chi connectivity index (χ1) is 9.24. The van der Waals surface area contributed by atoms with E-state index in [-0.39, 0.29) is 0 Å². The van der Waals surface area contributed by atoms with Crippen LogP contribution in [0.15, 0.2) is 40.1 Å². The number of rotatable bonds is 6. The number of thioether (sulfide) groups is 1. The second-order valence-corrected chi connectivity index (χ2v) is 6.84. The molecule has 0 radical (unpaired) electrons. The van der Waals surface area contributed by atoms with Gasteiger partial charge in [0.15, 0.2) is 0 Å². The van der Waals surface area contributed by atoms with Crippen molar-refractivity contribution in [3.05, 3.63) is 47.0 Å². The summed E-state index contributed by atoms with van der Waals surface area (Å²) in [6.45, 7) is 4.29. The molecule has 2 rings (SSSR count). The third-order valence-corrected chi connectivity index (χ3v) is 5.62. The first kappa shape index (κ1) is 14.6. The molecule has 1 aromatic carbocycles. The van der Waals surface area contributed by atoms with Crippen molar-refractivity contribution in [2.24, 2.45) is 0 Å². The fourth-order valence-corrected chi connectivity index (χ4v) is 4.44. The van der Waals surface area contributed by atoms with E-state index >= 15 is 0 Å². The second-order valence-electron chi connectivity index (χ2n) is 4.50. The van der Waals surface area contributed by atoms with Crippen molar-refractivity contribution in [2.45, 2.75) is 35.9 Å². The molecule has 0 saturated heterocycles. The van der Waals surface area contributed by atoms with Crippen molar-refractivity contribution in [1.29, 1.82) is 0 Å². The fraction of sp³-hybridized carbons (Fsp3) is 0.400. The molecule has 19 heavy (non-hydrogen) atoms. The van der Waals surface area contributed by atoms with Crippen LogP contribution in [-0.2, 0) is 0 Å². The Morgan fingerprint density at radius 3 is 2.58 bits per heavy atom. The van der Waals surface area contributed by atoms with E-state index < -0.39 is 0 Å². The molecule has 0 spiro atoms. The lowest BCUT2D eigenvalue weighted by Gasteiger charge is -2.25. The van der Waals surface area contributed by atoms with E-state index in [1.54, 1.807) is 11.3 Å². The minimum Gasteiger partial charge on any atom is -0.312 e. The van der Waals surface area contributed by atoms with Crippen molar-refractivity contribution in [2.75, 3.05) is 7.05 Å². The number of hydrogen-bond acceptors (Lipinski definition) is 4. The van der Waals surface area contributed by atoms with E-state index in [0.29, 0.717) is 11.3 Å². The summed E-state index contributed by atoms with van der Waals surface area (Å²) in [7, 11) is 2.04. The molecule has 0 aliphatic heterocycles. The lowest BCUT2D eigenvalue weighted by atomic mass is 10.0. The van der Waals surface area contributed by atoms with Gasteiger partial charge in [0.25, 0.3) is 0 Å². The molecule has 0 aliphatic carbocycles. The zero-order valence-electron chi connectivity index (χ0n) is 11.6. The van der Waals surface area contributed by atoms with E-state index in [2.05, 4.69) is 52.9 Å². The summed E-state index contributed by atoms with van der Waals surface area (Å²) in [5.41, 5.74) is 2.46. The number of benzene rings is 1. The fourth-order valence-electron chi connectivity index (χ4n) is 2.13. The van der Waals surface area contributed by atoms with Crippen molar-refractivity contribution in [3.8, 4) is 0 Å². The van der Waals surface area contributed by atoms with E-state index in [9.17, 15) is 0 Å². The summed E-state index contributed by atoms with van der Waals surface area (Å²) in [6, 6.07) is 11.0. The summed E-state index contributed by atoms with van der Waals surface area (Å²) < 4.78 is 1.17. The summed E-state index contributed by atoms with van der Waals surface area (Å²) in [5, 5.41) is 6.07. The maximum absolute atomic E-state index is 4.56. The Labute approximate surface area is 123 Å². The molecule has 1 heterocycles. The van der Waals surface area contributed by atoms with Gasteiger partial charge < -0.3 is 5.32 Å². The molecule has 2 aromatic rings. The lowest BCUT2D eigenvalue weighted by Crippen LogP contribution is -2.26. The highest BCUT2D eigenvalue weighted by atomic mass is 32.2. The molecule has 2 atom stereocenters. The van der Waals surface area contributed by atoms with Gasteiger partial charge in [-0.25, -0.2) is 4.98 Å². The molecular formula is C15H20N2S2. The van der Waals surface area contributed by atoms with Gasteiger partial charge in [-0.05, 0) is 26.0 Å². The third-order valence-electron chi connectivity index (χ3n) is 3.09. The molecule has 0 saturated carbocycles. The van der Waals surface area contributed by atoms with Crippen molar-refractivity contribution in [3.63, 3.8) is 0 Å². The van der Waals surface area contributed by atoms with E-state index in [1.807, 2.05) is 25.7 Å². The van der Waals surface area contributed by atoms with Crippen LogP contribution >= 0.6 is 23.1 Å². The second kappa shape index (κ2) is 7.08. The number of nitrogens with zero attached hydrogens (tertiary/aromatic N) is 1. The Hall–Kier alpha value is -0.840. The van der Waals surface area contributed by atoms with Gasteiger partial charge in [0.2, 0.25) is 0 Å². The molecular weight excluding hydrogens is 272 g/mol. The van der Waals surface area contributed by atoms with Crippen LogP contribution in [0.25, 0.3) is 0 Å². The first-order valence-electron chi connectivity index (χ1n) is 6.55. The molecule has 0 aliphatic rings. The number of thiazole rings is 1. The van der Waals surface area contributed by atoms with Gasteiger partial charge in [-0.1, -0.05) is 49.0 Å². The maximum Gasteiger partial charge on any atom is 0.150 e. The molecule has 0 amide bonds. The topological polar surface area (TPSA) is 24.9 Å². The van der Waals surface area contributed by atoms with E-state index in [0.717, 1.165) is 12.1 Å². The number of aryl methyl sites for hydroxylation is 1. The zero-order chi connectivity index (χ0) is 13.7. The zero-order valence-corrected chi connectivity index (χ0v) is 13.2. The SMILES string of the molecule is CCC(Sc1nc(C)cs1)C(NC)c1ccccc1. The summed E-state index contributed by atoms with van der Waals surface area (Å²) in [5.74, 6) is 0. The quantitative estimate of drug-likeness (QED) is 0.804. The van der Waals surface area contributed by atoms with Crippen LogP contribution in [0.3, 0.4) is 0 Å². The molecule has 2 nitrogen and oxygen atoms in total. The van der Waals surface area contributed by atoms with Crippen LogP contribution in [0.2, 0.25) is 0 Å².